The topological polar surface area (TPSA) is 37.3 Å². The molecule has 14 heavy (non-hydrogen) atoms. The Bertz CT molecular complexity index is 392. The van der Waals surface area contributed by atoms with Crippen LogP contribution < -0.4 is 0 Å². The number of aliphatic carboxylic acids is 1. The fraction of sp³-hybridized carbons (Fsp3) is 0.300. The second kappa shape index (κ2) is 3.59. The van der Waals surface area contributed by atoms with E-state index in [9.17, 15) is 4.79 Å². The second-order valence-corrected chi connectivity index (χ2v) is 5.66. The van der Waals surface area contributed by atoms with Gasteiger partial charge in [0.25, 0.3) is 0 Å². The molecule has 0 bridgehead atoms. The summed E-state index contributed by atoms with van der Waals surface area (Å²) < 4.78 is 0.942. The van der Waals surface area contributed by atoms with Crippen LogP contribution in [0.2, 0.25) is 0 Å². The molecule has 0 saturated carbocycles. The van der Waals surface area contributed by atoms with Crippen molar-refractivity contribution in [3.05, 3.63) is 28.2 Å². The van der Waals surface area contributed by atoms with E-state index < -0.39 is 5.97 Å². The van der Waals surface area contributed by atoms with Gasteiger partial charge in [0, 0.05) is 14.6 Å². The maximum Gasteiger partial charge on any atom is 0.312 e. The van der Waals surface area contributed by atoms with Crippen LogP contribution in [0.4, 0.5) is 0 Å². The molecule has 0 spiro atoms. The summed E-state index contributed by atoms with van der Waals surface area (Å²) in [5, 5.41) is 9.21. The number of halogens is 1. The van der Waals surface area contributed by atoms with Crippen LogP contribution in [0.25, 0.3) is 0 Å². The van der Waals surface area contributed by atoms with Crippen molar-refractivity contribution in [1.82, 2.24) is 0 Å². The monoisotopic (exact) mass is 272 g/mol. The van der Waals surface area contributed by atoms with Gasteiger partial charge in [-0.15, -0.1) is 11.8 Å². The van der Waals surface area contributed by atoms with Crippen LogP contribution in [0.3, 0.4) is 0 Å². The van der Waals surface area contributed by atoms with Crippen LogP contribution in [0.5, 0.6) is 0 Å². The molecular formula is C10H9BrO2S. The summed E-state index contributed by atoms with van der Waals surface area (Å²) in [6.07, 6.45) is 0. The number of hydrogen-bond acceptors (Lipinski definition) is 2. The number of carboxylic acid groups (broad SMARTS) is 1. The predicted octanol–water partition coefficient (Wildman–Crippen LogP) is 3.11. The van der Waals surface area contributed by atoms with Gasteiger partial charge >= 0.3 is 5.97 Å². The lowest BCUT2D eigenvalue weighted by molar-refractivity contribution is -0.138. The zero-order valence-electron chi connectivity index (χ0n) is 7.53. The Morgan fingerprint density at radius 2 is 2.29 bits per heavy atom. The van der Waals surface area contributed by atoms with Crippen LogP contribution in [0.1, 0.15) is 18.4 Å². The van der Waals surface area contributed by atoms with Gasteiger partial charge < -0.3 is 5.11 Å². The largest absolute Gasteiger partial charge is 0.481 e. The lowest BCUT2D eigenvalue weighted by Crippen LogP contribution is -2.16. The molecule has 0 aromatic heterocycles. The molecule has 2 rings (SSSR count). The maximum absolute atomic E-state index is 11.1. The number of thioether (sulfide) groups is 1. The molecule has 0 amide bonds. The lowest BCUT2D eigenvalue weighted by Gasteiger charge is -2.09. The van der Waals surface area contributed by atoms with Crippen LogP contribution in [-0.4, -0.2) is 16.3 Å². The molecule has 1 aliphatic rings. The number of fused-ring (bicyclic) bond motifs is 1. The van der Waals surface area contributed by atoms with Crippen molar-refractivity contribution in [2.24, 2.45) is 0 Å². The van der Waals surface area contributed by atoms with Crippen molar-refractivity contribution in [3.63, 3.8) is 0 Å². The summed E-state index contributed by atoms with van der Waals surface area (Å²) >= 11 is 4.99. The summed E-state index contributed by atoms with van der Waals surface area (Å²) in [4.78, 5) is 12.1. The van der Waals surface area contributed by atoms with Crippen LogP contribution in [0.15, 0.2) is 27.6 Å². The fourth-order valence-corrected chi connectivity index (χ4v) is 3.37. The Morgan fingerprint density at radius 1 is 1.57 bits per heavy atom. The summed E-state index contributed by atoms with van der Waals surface area (Å²) in [6, 6.07) is 5.83. The molecule has 1 aliphatic heterocycles. The average molecular weight is 273 g/mol. The zero-order valence-corrected chi connectivity index (χ0v) is 9.93. The molecule has 0 saturated heterocycles. The van der Waals surface area contributed by atoms with Gasteiger partial charge in [-0.1, -0.05) is 22.9 Å². The Morgan fingerprint density at radius 3 is 2.93 bits per heavy atom. The van der Waals surface area contributed by atoms with E-state index in [0.29, 0.717) is 0 Å². The first-order chi connectivity index (χ1) is 6.59. The van der Waals surface area contributed by atoms with Crippen molar-refractivity contribution in [2.45, 2.75) is 23.0 Å². The Balaban J connectivity index is 2.49. The highest BCUT2D eigenvalue weighted by molar-refractivity contribution is 9.10. The standard InChI is InChI=1S/C10H9BrO2S/c1-5-9(10(12)13)7-4-6(11)2-3-8(7)14-5/h2-5,9H,1H3,(H,12,13). The van der Waals surface area contributed by atoms with Gasteiger partial charge in [0.2, 0.25) is 0 Å². The van der Waals surface area contributed by atoms with Crippen LogP contribution in [-0.2, 0) is 4.79 Å². The van der Waals surface area contributed by atoms with Gasteiger partial charge in [-0.3, -0.25) is 4.79 Å². The van der Waals surface area contributed by atoms with Gasteiger partial charge in [0.05, 0.1) is 5.92 Å². The Hall–Kier alpha value is -0.480. The molecular weight excluding hydrogens is 264 g/mol. The minimum atomic E-state index is -0.734. The summed E-state index contributed by atoms with van der Waals surface area (Å²) in [5.41, 5.74) is 0.935. The molecule has 1 heterocycles. The van der Waals surface area contributed by atoms with E-state index in [1.54, 1.807) is 11.8 Å². The first-order valence-electron chi connectivity index (χ1n) is 4.28. The highest BCUT2D eigenvalue weighted by atomic mass is 79.9. The van der Waals surface area contributed by atoms with Gasteiger partial charge in [-0.25, -0.2) is 0 Å². The SMILES string of the molecule is CC1Sc2ccc(Br)cc2C1C(=O)O. The molecule has 2 nitrogen and oxygen atoms in total. The van der Waals surface area contributed by atoms with Gasteiger partial charge in [0.15, 0.2) is 0 Å². The third-order valence-corrected chi connectivity index (χ3v) is 4.12. The molecule has 0 fully saturated rings. The van der Waals surface area contributed by atoms with Crippen molar-refractivity contribution in [3.8, 4) is 0 Å². The van der Waals surface area contributed by atoms with E-state index in [4.69, 9.17) is 5.11 Å². The summed E-state index contributed by atoms with van der Waals surface area (Å²) in [5.74, 6) is -1.10. The van der Waals surface area contributed by atoms with Crippen molar-refractivity contribution < 1.29 is 9.90 Å². The number of rotatable bonds is 1. The first kappa shape index (κ1) is 10.1. The van der Waals surface area contributed by atoms with Gasteiger partial charge in [0.1, 0.15) is 0 Å². The number of carbonyl (C=O) groups is 1. The third kappa shape index (κ3) is 1.57. The van der Waals surface area contributed by atoms with Crippen molar-refractivity contribution in [1.29, 1.82) is 0 Å². The maximum atomic E-state index is 11.1. The highest BCUT2D eigenvalue weighted by Gasteiger charge is 2.35. The number of benzene rings is 1. The van der Waals surface area contributed by atoms with Crippen molar-refractivity contribution >= 4 is 33.7 Å². The van der Waals surface area contributed by atoms with E-state index in [-0.39, 0.29) is 11.2 Å². The second-order valence-electron chi connectivity index (χ2n) is 3.32. The summed E-state index contributed by atoms with van der Waals surface area (Å²) in [6.45, 7) is 1.96. The van der Waals surface area contributed by atoms with E-state index in [0.717, 1.165) is 14.9 Å². The Kier molecular flexibility index (Phi) is 2.58. The van der Waals surface area contributed by atoms with Gasteiger partial charge in [-0.05, 0) is 23.8 Å². The average Bonchev–Trinajstić information content (AvgIpc) is 2.40. The van der Waals surface area contributed by atoms with E-state index >= 15 is 0 Å². The molecule has 2 unspecified atom stereocenters. The molecule has 0 radical (unpaired) electrons. The predicted molar refractivity (Wildman–Crippen MR) is 59.8 cm³/mol. The zero-order chi connectivity index (χ0) is 10.3. The fourth-order valence-electron chi connectivity index (χ4n) is 1.72. The number of carboxylic acids is 1. The minimum absolute atomic E-state index is 0.122. The molecule has 1 aromatic rings. The van der Waals surface area contributed by atoms with Gasteiger partial charge in [-0.2, -0.15) is 0 Å². The van der Waals surface area contributed by atoms with Crippen molar-refractivity contribution in [2.75, 3.05) is 0 Å². The Labute approximate surface area is 94.8 Å². The van der Waals surface area contributed by atoms with Crippen LogP contribution in [0, 0.1) is 0 Å². The normalized spacial score (nSPS) is 24.7. The molecule has 2 atom stereocenters. The molecule has 1 aromatic carbocycles. The minimum Gasteiger partial charge on any atom is -0.481 e. The lowest BCUT2D eigenvalue weighted by atomic mass is 9.97. The third-order valence-electron chi connectivity index (χ3n) is 2.36. The molecule has 1 N–H and O–H groups in total. The van der Waals surface area contributed by atoms with E-state index in [2.05, 4.69) is 15.9 Å². The molecule has 0 aliphatic carbocycles. The smallest absolute Gasteiger partial charge is 0.312 e. The molecule has 4 heteroatoms. The quantitative estimate of drug-likeness (QED) is 0.854. The molecule has 74 valence electrons. The summed E-state index contributed by atoms with van der Waals surface area (Å²) in [7, 11) is 0. The van der Waals surface area contributed by atoms with E-state index in [1.807, 2.05) is 25.1 Å². The first-order valence-corrected chi connectivity index (χ1v) is 5.96. The highest BCUT2D eigenvalue weighted by Crippen LogP contribution is 2.46. The van der Waals surface area contributed by atoms with E-state index in [1.165, 1.54) is 0 Å². The van der Waals surface area contributed by atoms with Crippen LogP contribution >= 0.6 is 27.7 Å². The number of hydrogen-bond donors (Lipinski definition) is 1.